The highest BCUT2D eigenvalue weighted by atomic mass is 16.9. The predicted octanol–water partition coefficient (Wildman–Crippen LogP) is 3.71. The molecule has 2 aromatic carbocycles. The van der Waals surface area contributed by atoms with E-state index in [-0.39, 0.29) is 18.3 Å². The average Bonchev–Trinajstić information content (AvgIpc) is 2.59. The molecule has 0 aromatic heterocycles. The summed E-state index contributed by atoms with van der Waals surface area (Å²) in [5, 5.41) is 0. The number of rotatable bonds is 8. The molecule has 0 radical (unpaired) electrons. The summed E-state index contributed by atoms with van der Waals surface area (Å²) < 4.78 is 6.03. The second-order valence-corrected chi connectivity index (χ2v) is 6.69. The molecule has 5 heteroatoms. The lowest BCUT2D eigenvalue weighted by molar-refractivity contribution is -0.173. The van der Waals surface area contributed by atoms with E-state index in [4.69, 9.17) is 14.4 Å². The van der Waals surface area contributed by atoms with Crippen molar-refractivity contribution in [2.45, 2.75) is 38.9 Å². The molecule has 0 saturated carbocycles. The van der Waals surface area contributed by atoms with Gasteiger partial charge in [-0.05, 0) is 44.1 Å². The fourth-order valence-electron chi connectivity index (χ4n) is 2.34. The first-order chi connectivity index (χ1) is 11.9. The Morgan fingerprint density at radius 1 is 1.00 bits per heavy atom. The van der Waals surface area contributed by atoms with E-state index in [1.165, 1.54) is 0 Å². The van der Waals surface area contributed by atoms with E-state index in [2.05, 4.69) is 5.64 Å². The Hall–Kier alpha value is -2.21. The van der Waals surface area contributed by atoms with Gasteiger partial charge in [0.25, 0.3) is 0 Å². The zero-order valence-electron chi connectivity index (χ0n) is 14.9. The molecule has 1 unspecified atom stereocenters. The van der Waals surface area contributed by atoms with E-state index < -0.39 is 5.97 Å². The second-order valence-electron chi connectivity index (χ2n) is 6.69. The maximum absolute atomic E-state index is 11.8. The van der Waals surface area contributed by atoms with Gasteiger partial charge in [0, 0.05) is 6.42 Å². The SMILES string of the molecule is CC(C)(C)OC(CONOC(=O)c1ccccc1)Cc1ccccc1. The van der Waals surface area contributed by atoms with Crippen LogP contribution in [0.2, 0.25) is 0 Å². The molecular weight excluding hydrogens is 318 g/mol. The van der Waals surface area contributed by atoms with Gasteiger partial charge < -0.3 is 9.57 Å². The number of benzene rings is 2. The monoisotopic (exact) mass is 343 g/mol. The molecule has 0 aliphatic heterocycles. The summed E-state index contributed by atoms with van der Waals surface area (Å²) in [5.41, 5.74) is 3.56. The Kier molecular flexibility index (Phi) is 7.13. The van der Waals surface area contributed by atoms with Crippen LogP contribution in [0.4, 0.5) is 0 Å². The lowest BCUT2D eigenvalue weighted by Gasteiger charge is -2.27. The smallest absolute Gasteiger partial charge is 0.359 e. The Morgan fingerprint density at radius 3 is 2.20 bits per heavy atom. The van der Waals surface area contributed by atoms with Crippen LogP contribution in [-0.4, -0.2) is 24.3 Å². The molecule has 2 aromatic rings. The van der Waals surface area contributed by atoms with Crippen molar-refractivity contribution in [3.63, 3.8) is 0 Å². The molecule has 0 spiro atoms. The molecule has 0 bridgehead atoms. The molecule has 2 rings (SSSR count). The summed E-state index contributed by atoms with van der Waals surface area (Å²) in [6, 6.07) is 18.8. The highest BCUT2D eigenvalue weighted by Gasteiger charge is 2.20. The number of nitrogens with one attached hydrogen (secondary N) is 1. The van der Waals surface area contributed by atoms with Crippen LogP contribution in [0.5, 0.6) is 0 Å². The van der Waals surface area contributed by atoms with Crippen molar-refractivity contribution in [3.8, 4) is 0 Å². The van der Waals surface area contributed by atoms with Gasteiger partial charge in [0.05, 0.1) is 23.9 Å². The van der Waals surface area contributed by atoms with Crippen LogP contribution in [0.3, 0.4) is 0 Å². The van der Waals surface area contributed by atoms with Gasteiger partial charge in [-0.3, -0.25) is 4.84 Å². The molecule has 25 heavy (non-hydrogen) atoms. The van der Waals surface area contributed by atoms with E-state index in [0.29, 0.717) is 12.0 Å². The van der Waals surface area contributed by atoms with Gasteiger partial charge >= 0.3 is 5.97 Å². The molecule has 5 nitrogen and oxygen atoms in total. The van der Waals surface area contributed by atoms with Crippen LogP contribution in [0.25, 0.3) is 0 Å². The van der Waals surface area contributed by atoms with Crippen molar-refractivity contribution in [2.75, 3.05) is 6.61 Å². The summed E-state index contributed by atoms with van der Waals surface area (Å²) in [4.78, 5) is 22.0. The second kappa shape index (κ2) is 9.32. The number of hydrogen-bond acceptors (Lipinski definition) is 5. The van der Waals surface area contributed by atoms with Crippen LogP contribution >= 0.6 is 0 Å². The molecule has 0 aliphatic carbocycles. The summed E-state index contributed by atoms with van der Waals surface area (Å²) in [7, 11) is 0. The van der Waals surface area contributed by atoms with Crippen molar-refractivity contribution < 1.29 is 19.2 Å². The maximum Gasteiger partial charge on any atom is 0.359 e. The van der Waals surface area contributed by atoms with E-state index in [1.54, 1.807) is 24.3 Å². The number of ether oxygens (including phenoxy) is 1. The Bertz CT molecular complexity index is 638. The fourth-order valence-corrected chi connectivity index (χ4v) is 2.34. The van der Waals surface area contributed by atoms with Gasteiger partial charge in [0.1, 0.15) is 0 Å². The van der Waals surface area contributed by atoms with Gasteiger partial charge in [-0.1, -0.05) is 48.5 Å². The minimum Gasteiger partial charge on any atom is -0.370 e. The van der Waals surface area contributed by atoms with Gasteiger partial charge in [0.2, 0.25) is 0 Å². The minimum absolute atomic E-state index is 0.176. The maximum atomic E-state index is 11.8. The lowest BCUT2D eigenvalue weighted by Crippen LogP contribution is -2.34. The molecule has 0 aliphatic rings. The summed E-state index contributed by atoms with van der Waals surface area (Å²) in [6.45, 7) is 6.23. The minimum atomic E-state index is -0.503. The molecule has 0 fully saturated rings. The van der Waals surface area contributed by atoms with Crippen molar-refractivity contribution in [1.29, 1.82) is 0 Å². The van der Waals surface area contributed by atoms with Gasteiger partial charge in [0.15, 0.2) is 0 Å². The van der Waals surface area contributed by atoms with E-state index in [9.17, 15) is 4.79 Å². The van der Waals surface area contributed by atoms with E-state index in [1.807, 2.05) is 57.2 Å². The Labute approximate surface area is 148 Å². The van der Waals surface area contributed by atoms with E-state index >= 15 is 0 Å². The van der Waals surface area contributed by atoms with Crippen molar-refractivity contribution >= 4 is 5.97 Å². The Morgan fingerprint density at radius 2 is 1.60 bits per heavy atom. The van der Waals surface area contributed by atoms with Crippen molar-refractivity contribution in [3.05, 3.63) is 71.8 Å². The van der Waals surface area contributed by atoms with Gasteiger partial charge in [-0.25, -0.2) is 4.79 Å². The highest BCUT2D eigenvalue weighted by molar-refractivity contribution is 5.88. The molecular formula is C20H25NO4. The van der Waals surface area contributed by atoms with Crippen LogP contribution in [0.15, 0.2) is 60.7 Å². The highest BCUT2D eigenvalue weighted by Crippen LogP contribution is 2.15. The standard InChI is InChI=1S/C20H25NO4/c1-20(2,3)24-18(14-16-10-6-4-7-11-16)15-23-21-25-19(22)17-12-8-5-9-13-17/h4-13,18,21H,14-15H2,1-3H3. The first-order valence-electron chi connectivity index (χ1n) is 8.29. The van der Waals surface area contributed by atoms with Crippen LogP contribution in [0, 0.1) is 0 Å². The molecule has 0 saturated heterocycles. The molecule has 0 amide bonds. The van der Waals surface area contributed by atoms with Crippen LogP contribution in [-0.2, 0) is 20.8 Å². The largest absolute Gasteiger partial charge is 0.370 e. The molecule has 1 N–H and O–H groups in total. The van der Waals surface area contributed by atoms with Crippen molar-refractivity contribution in [2.24, 2.45) is 0 Å². The van der Waals surface area contributed by atoms with Crippen LogP contribution in [0.1, 0.15) is 36.7 Å². The average molecular weight is 343 g/mol. The van der Waals surface area contributed by atoms with E-state index in [0.717, 1.165) is 5.56 Å². The number of hydrogen-bond donors (Lipinski definition) is 1. The first kappa shape index (κ1) is 19.1. The summed E-state index contributed by atoms with van der Waals surface area (Å²) >= 11 is 0. The van der Waals surface area contributed by atoms with Crippen molar-refractivity contribution in [1.82, 2.24) is 5.64 Å². The Balaban J connectivity index is 1.81. The third-order valence-corrected chi connectivity index (χ3v) is 3.30. The van der Waals surface area contributed by atoms with Gasteiger partial charge in [-0.15, -0.1) is 0 Å². The summed E-state index contributed by atoms with van der Waals surface area (Å²) in [6.07, 6.45) is 0.525. The normalized spacial score (nSPS) is 12.6. The van der Waals surface area contributed by atoms with Crippen LogP contribution < -0.4 is 5.64 Å². The molecule has 134 valence electrons. The third kappa shape index (κ3) is 7.47. The number of carbonyl (C=O) groups is 1. The lowest BCUT2D eigenvalue weighted by atomic mass is 10.1. The topological polar surface area (TPSA) is 56.8 Å². The molecule has 1 atom stereocenters. The predicted molar refractivity (Wildman–Crippen MR) is 95.7 cm³/mol. The third-order valence-electron chi connectivity index (χ3n) is 3.30. The quantitative estimate of drug-likeness (QED) is 0.585. The number of carbonyl (C=O) groups excluding carboxylic acids is 1. The zero-order chi connectivity index (χ0) is 18.1. The molecule has 0 heterocycles. The summed E-state index contributed by atoms with van der Waals surface area (Å²) in [5.74, 6) is -0.503. The first-order valence-corrected chi connectivity index (χ1v) is 8.29. The van der Waals surface area contributed by atoms with Gasteiger partial charge in [-0.2, -0.15) is 0 Å². The zero-order valence-corrected chi connectivity index (χ0v) is 14.9. The fraction of sp³-hybridized carbons (Fsp3) is 0.350.